The predicted molar refractivity (Wildman–Crippen MR) is 83.7 cm³/mol. The number of hydrogen-bond acceptors (Lipinski definition) is 4. The third-order valence-corrected chi connectivity index (χ3v) is 3.66. The Bertz CT molecular complexity index is 948. The van der Waals surface area contributed by atoms with Crippen LogP contribution in [0.15, 0.2) is 42.5 Å². The summed E-state index contributed by atoms with van der Waals surface area (Å²) in [5, 5.41) is 19.7. The maximum absolute atomic E-state index is 4.27. The molecule has 6 nitrogen and oxygen atoms in total. The lowest BCUT2D eigenvalue weighted by Crippen LogP contribution is -1.99. The minimum Gasteiger partial charge on any atom is -0.195 e. The van der Waals surface area contributed by atoms with E-state index < -0.39 is 0 Å². The number of fused-ring (bicyclic) bond motifs is 1. The molecule has 0 aliphatic heterocycles. The normalized spacial score (nSPS) is 11.2. The molecule has 0 radical (unpaired) electrons. The van der Waals surface area contributed by atoms with E-state index in [1.165, 1.54) is 5.56 Å². The third kappa shape index (κ3) is 1.96. The van der Waals surface area contributed by atoms with Gasteiger partial charge in [-0.1, -0.05) is 41.1 Å². The Kier molecular flexibility index (Phi) is 2.75. The zero-order chi connectivity index (χ0) is 15.1. The molecule has 2 aromatic carbocycles. The van der Waals surface area contributed by atoms with Crippen molar-refractivity contribution in [1.82, 2.24) is 30.4 Å². The van der Waals surface area contributed by atoms with Gasteiger partial charge in [0.2, 0.25) is 5.82 Å². The molecule has 4 aromatic rings. The molecule has 2 heterocycles. The molecule has 108 valence electrons. The zero-order valence-electron chi connectivity index (χ0n) is 12.3. The number of nitrogens with one attached hydrogen (secondary N) is 1. The van der Waals surface area contributed by atoms with Crippen LogP contribution in [0, 0.1) is 13.8 Å². The fourth-order valence-electron chi connectivity index (χ4n) is 2.47. The number of aromatic amines is 1. The van der Waals surface area contributed by atoms with E-state index in [4.69, 9.17) is 0 Å². The van der Waals surface area contributed by atoms with Crippen LogP contribution in [0.3, 0.4) is 0 Å². The van der Waals surface area contributed by atoms with E-state index in [1.807, 2.05) is 37.3 Å². The second-order valence-electron chi connectivity index (χ2n) is 5.36. The topological polar surface area (TPSA) is 72.3 Å². The lowest BCUT2D eigenvalue weighted by atomic mass is 10.1. The fraction of sp³-hybridized carbons (Fsp3) is 0.125. The van der Waals surface area contributed by atoms with E-state index in [-0.39, 0.29) is 0 Å². The maximum atomic E-state index is 4.27. The number of H-pyrrole nitrogens is 1. The Hall–Kier alpha value is -3.02. The van der Waals surface area contributed by atoms with E-state index >= 15 is 0 Å². The van der Waals surface area contributed by atoms with E-state index in [0.29, 0.717) is 5.82 Å². The Labute approximate surface area is 126 Å². The highest BCUT2D eigenvalue weighted by Crippen LogP contribution is 2.25. The van der Waals surface area contributed by atoms with Crippen molar-refractivity contribution in [2.24, 2.45) is 0 Å². The van der Waals surface area contributed by atoms with Crippen LogP contribution < -0.4 is 0 Å². The summed E-state index contributed by atoms with van der Waals surface area (Å²) in [7, 11) is 0. The smallest absolute Gasteiger partial charge is 0.195 e. The van der Waals surface area contributed by atoms with Crippen molar-refractivity contribution in [2.45, 2.75) is 13.8 Å². The minimum absolute atomic E-state index is 0.648. The molecular weight excluding hydrogens is 276 g/mol. The quantitative estimate of drug-likeness (QED) is 0.616. The molecule has 0 saturated heterocycles. The molecule has 2 aromatic heterocycles. The molecule has 0 bridgehead atoms. The average Bonchev–Trinajstić information content (AvgIpc) is 3.13. The van der Waals surface area contributed by atoms with Crippen LogP contribution >= 0.6 is 0 Å². The number of benzene rings is 2. The van der Waals surface area contributed by atoms with E-state index in [1.54, 1.807) is 4.68 Å². The molecule has 22 heavy (non-hydrogen) atoms. The Balaban J connectivity index is 1.89. The molecule has 0 spiro atoms. The summed E-state index contributed by atoms with van der Waals surface area (Å²) in [5.41, 5.74) is 5.86. The van der Waals surface area contributed by atoms with Gasteiger partial charge in [-0.15, -0.1) is 10.2 Å². The SMILES string of the molecule is Cc1ccc(-c2n[nH]nc2-n2nnc3cc(C)ccc32)cc1. The van der Waals surface area contributed by atoms with Crippen molar-refractivity contribution in [3.05, 3.63) is 53.6 Å². The first kappa shape index (κ1) is 12.7. The Morgan fingerprint density at radius 1 is 0.909 bits per heavy atom. The van der Waals surface area contributed by atoms with Crippen molar-refractivity contribution >= 4 is 11.0 Å². The van der Waals surface area contributed by atoms with Crippen molar-refractivity contribution in [3.63, 3.8) is 0 Å². The monoisotopic (exact) mass is 290 g/mol. The molecule has 1 N–H and O–H groups in total. The van der Waals surface area contributed by atoms with Crippen LogP contribution in [-0.4, -0.2) is 30.4 Å². The molecule has 0 amide bonds. The van der Waals surface area contributed by atoms with Gasteiger partial charge in [0, 0.05) is 5.56 Å². The van der Waals surface area contributed by atoms with Gasteiger partial charge >= 0.3 is 0 Å². The van der Waals surface area contributed by atoms with Gasteiger partial charge < -0.3 is 0 Å². The zero-order valence-corrected chi connectivity index (χ0v) is 12.3. The predicted octanol–water partition coefficient (Wildman–Crippen LogP) is 2.82. The summed E-state index contributed by atoms with van der Waals surface area (Å²) in [6.45, 7) is 4.09. The van der Waals surface area contributed by atoms with Gasteiger partial charge in [-0.3, -0.25) is 0 Å². The van der Waals surface area contributed by atoms with Crippen molar-refractivity contribution < 1.29 is 0 Å². The molecule has 0 aliphatic carbocycles. The third-order valence-electron chi connectivity index (χ3n) is 3.66. The van der Waals surface area contributed by atoms with Crippen LogP contribution in [0.1, 0.15) is 11.1 Å². The first-order valence-corrected chi connectivity index (χ1v) is 7.02. The largest absolute Gasteiger partial charge is 0.205 e. The number of rotatable bonds is 2. The summed E-state index contributed by atoms with van der Waals surface area (Å²) in [4.78, 5) is 0. The summed E-state index contributed by atoms with van der Waals surface area (Å²) in [5.74, 6) is 0.648. The van der Waals surface area contributed by atoms with Crippen molar-refractivity contribution in [2.75, 3.05) is 0 Å². The van der Waals surface area contributed by atoms with Crippen molar-refractivity contribution in [3.8, 4) is 17.1 Å². The van der Waals surface area contributed by atoms with Crippen LogP contribution in [0.4, 0.5) is 0 Å². The molecule has 6 heteroatoms. The van der Waals surface area contributed by atoms with Crippen molar-refractivity contribution in [1.29, 1.82) is 0 Å². The average molecular weight is 290 g/mol. The summed E-state index contributed by atoms with van der Waals surface area (Å²) in [6.07, 6.45) is 0. The molecule has 0 fully saturated rings. The summed E-state index contributed by atoms with van der Waals surface area (Å²) in [6, 6.07) is 14.2. The lowest BCUT2D eigenvalue weighted by Gasteiger charge is -2.02. The van der Waals surface area contributed by atoms with Gasteiger partial charge in [-0.2, -0.15) is 15.0 Å². The lowest BCUT2D eigenvalue weighted by molar-refractivity contribution is 0.792. The highest BCUT2D eigenvalue weighted by Gasteiger charge is 2.16. The van der Waals surface area contributed by atoms with Crippen LogP contribution in [0.2, 0.25) is 0 Å². The maximum Gasteiger partial charge on any atom is 0.205 e. The number of aromatic nitrogens is 6. The first-order chi connectivity index (χ1) is 10.7. The Morgan fingerprint density at radius 3 is 2.50 bits per heavy atom. The molecule has 0 saturated carbocycles. The van der Waals surface area contributed by atoms with Crippen LogP contribution in [0.5, 0.6) is 0 Å². The van der Waals surface area contributed by atoms with Crippen LogP contribution in [0.25, 0.3) is 28.1 Å². The van der Waals surface area contributed by atoms with Gasteiger partial charge in [0.15, 0.2) is 0 Å². The summed E-state index contributed by atoms with van der Waals surface area (Å²) < 4.78 is 1.72. The molecule has 0 aliphatic rings. The standard InChI is InChI=1S/C16H14N6/c1-10-3-6-12(7-4-10)15-16(19-20-18-15)22-14-8-5-11(2)9-13(14)17-21-22/h3-9H,1-2H3,(H,18,19,20). The van der Waals surface area contributed by atoms with Gasteiger partial charge in [-0.25, -0.2) is 0 Å². The fourth-order valence-corrected chi connectivity index (χ4v) is 2.47. The highest BCUT2D eigenvalue weighted by molar-refractivity contribution is 5.78. The Morgan fingerprint density at radius 2 is 1.68 bits per heavy atom. The molecule has 0 atom stereocenters. The van der Waals surface area contributed by atoms with Crippen LogP contribution in [-0.2, 0) is 0 Å². The second-order valence-corrected chi connectivity index (χ2v) is 5.36. The van der Waals surface area contributed by atoms with E-state index in [0.717, 1.165) is 27.9 Å². The van der Waals surface area contributed by atoms with Gasteiger partial charge in [0.1, 0.15) is 11.2 Å². The first-order valence-electron chi connectivity index (χ1n) is 7.02. The van der Waals surface area contributed by atoms with E-state index in [2.05, 4.69) is 44.8 Å². The molecular formula is C16H14N6. The second kappa shape index (κ2) is 4.77. The molecule has 0 unspecified atom stereocenters. The highest BCUT2D eigenvalue weighted by atomic mass is 15.5. The van der Waals surface area contributed by atoms with E-state index in [9.17, 15) is 0 Å². The van der Waals surface area contributed by atoms with Gasteiger partial charge in [0.25, 0.3) is 0 Å². The summed E-state index contributed by atoms with van der Waals surface area (Å²) >= 11 is 0. The number of nitrogens with zero attached hydrogens (tertiary/aromatic N) is 5. The minimum atomic E-state index is 0.648. The van der Waals surface area contributed by atoms with Gasteiger partial charge in [0.05, 0.1) is 5.52 Å². The van der Waals surface area contributed by atoms with Gasteiger partial charge in [-0.05, 0) is 31.5 Å². The number of aryl methyl sites for hydroxylation is 2. The number of hydrogen-bond donors (Lipinski definition) is 1. The molecule has 4 rings (SSSR count).